The van der Waals surface area contributed by atoms with E-state index in [1.54, 1.807) is 0 Å². The molecule has 0 amide bonds. The highest BCUT2D eigenvalue weighted by atomic mass is 16.5. The summed E-state index contributed by atoms with van der Waals surface area (Å²) in [5, 5.41) is 0. The average molecular weight is 85.1 g/mol. The molecule has 1 saturated carbocycles. The van der Waals surface area contributed by atoms with E-state index in [0.29, 0.717) is 6.42 Å². The highest BCUT2D eigenvalue weighted by Crippen LogP contribution is 2.16. The topological polar surface area (TPSA) is 26.3 Å². The number of hydrogen-bond acceptors (Lipinski definition) is 2. The van der Waals surface area contributed by atoms with Crippen molar-refractivity contribution < 1.29 is 9.53 Å². The number of ether oxygens (including phenoxy) is 1. The van der Waals surface area contributed by atoms with Crippen molar-refractivity contribution in [3.05, 3.63) is 7.11 Å². The third-order valence-electron chi connectivity index (χ3n) is 0.787. The van der Waals surface area contributed by atoms with E-state index >= 15 is 0 Å². The molecule has 1 radical (unpaired) electrons. The molecule has 0 spiro atoms. The molecule has 1 aliphatic carbocycles. The summed E-state index contributed by atoms with van der Waals surface area (Å²) >= 11 is 0. The summed E-state index contributed by atoms with van der Waals surface area (Å²) in [6.07, 6.45) is 0.425. The Morgan fingerprint density at radius 1 is 2.00 bits per heavy atom. The summed E-state index contributed by atoms with van der Waals surface area (Å²) in [7, 11) is 3.08. The van der Waals surface area contributed by atoms with E-state index in [0.717, 1.165) is 0 Å². The van der Waals surface area contributed by atoms with Crippen LogP contribution in [0, 0.1) is 7.11 Å². The van der Waals surface area contributed by atoms with Gasteiger partial charge in [-0.15, -0.1) is 0 Å². The highest BCUT2D eigenvalue weighted by molar-refractivity contribution is 5.98. The first-order valence-electron chi connectivity index (χ1n) is 1.78. The van der Waals surface area contributed by atoms with Gasteiger partial charge in [0, 0.05) is 6.42 Å². The fourth-order valence-corrected chi connectivity index (χ4v) is 0.276. The molecular weight excluding hydrogens is 80.0 g/mol. The molecule has 2 nitrogen and oxygen atoms in total. The Balaban J connectivity index is 2.26. The number of carbonyl (C=O) groups is 1. The Hall–Kier alpha value is -0.370. The normalized spacial score (nSPS) is 30.8. The second-order valence-electron chi connectivity index (χ2n) is 1.33. The van der Waals surface area contributed by atoms with Crippen LogP contribution in [0.5, 0.6) is 0 Å². The van der Waals surface area contributed by atoms with E-state index in [9.17, 15) is 4.79 Å². The van der Waals surface area contributed by atoms with Crippen molar-refractivity contribution in [2.75, 3.05) is 0 Å². The van der Waals surface area contributed by atoms with Crippen LogP contribution in [-0.4, -0.2) is 11.9 Å². The predicted octanol–water partition coefficient (Wildman–Crippen LogP) is 0.136. The number of Topliss-reactive ketones (excluding diaryl/α,β-unsaturated/α-hetero) is 1. The van der Waals surface area contributed by atoms with E-state index in [4.69, 9.17) is 0 Å². The summed E-state index contributed by atoms with van der Waals surface area (Å²) in [4.78, 5) is 9.95. The summed E-state index contributed by atoms with van der Waals surface area (Å²) in [6, 6.07) is 0. The van der Waals surface area contributed by atoms with Crippen LogP contribution in [0.2, 0.25) is 0 Å². The van der Waals surface area contributed by atoms with Crippen molar-refractivity contribution in [1.29, 1.82) is 0 Å². The van der Waals surface area contributed by atoms with E-state index < -0.39 is 0 Å². The lowest BCUT2D eigenvalue weighted by atomic mass is 10.8. The second kappa shape index (κ2) is 1.05. The van der Waals surface area contributed by atoms with E-state index in [1.807, 2.05) is 0 Å². The quantitative estimate of drug-likeness (QED) is 0.452. The lowest BCUT2D eigenvalue weighted by molar-refractivity contribution is -0.112. The molecule has 0 bridgehead atoms. The minimum atomic E-state index is -0.148. The van der Waals surface area contributed by atoms with Gasteiger partial charge in [0.25, 0.3) is 0 Å². The van der Waals surface area contributed by atoms with Gasteiger partial charge >= 0.3 is 0 Å². The Morgan fingerprint density at radius 3 is 2.50 bits per heavy atom. The first-order chi connectivity index (χ1) is 2.84. The lowest BCUT2D eigenvalue weighted by Crippen LogP contribution is -1.84. The minimum absolute atomic E-state index is 0.148. The maximum absolute atomic E-state index is 9.95. The predicted molar refractivity (Wildman–Crippen MR) is 19.9 cm³/mol. The Morgan fingerprint density at radius 2 is 2.50 bits per heavy atom. The van der Waals surface area contributed by atoms with Gasteiger partial charge in [-0.1, -0.05) is 0 Å². The molecular formula is C4H5O2. The Bertz CT molecular complexity index is 77.6. The molecule has 1 unspecified atom stereocenters. The third-order valence-corrected chi connectivity index (χ3v) is 0.787. The maximum Gasteiger partial charge on any atom is 0.165 e. The summed E-state index contributed by atoms with van der Waals surface area (Å²) in [6.45, 7) is 0. The van der Waals surface area contributed by atoms with Crippen LogP contribution in [-0.2, 0) is 9.53 Å². The van der Waals surface area contributed by atoms with Crippen LogP contribution in [0.15, 0.2) is 0 Å². The number of rotatable bonds is 1. The van der Waals surface area contributed by atoms with Crippen molar-refractivity contribution in [3.8, 4) is 0 Å². The molecule has 1 aliphatic rings. The van der Waals surface area contributed by atoms with Gasteiger partial charge in [0.05, 0.1) is 7.11 Å². The molecule has 1 rings (SSSR count). The van der Waals surface area contributed by atoms with Gasteiger partial charge in [-0.25, -0.2) is 0 Å². The number of ketones is 1. The largest absolute Gasteiger partial charge is 0.368 e. The van der Waals surface area contributed by atoms with Crippen molar-refractivity contribution in [2.24, 2.45) is 0 Å². The zero-order valence-electron chi connectivity index (χ0n) is 3.31. The summed E-state index contributed by atoms with van der Waals surface area (Å²) < 4.78 is 4.37. The number of hydrogen-bond donors (Lipinski definition) is 0. The van der Waals surface area contributed by atoms with Crippen LogP contribution < -0.4 is 0 Å². The van der Waals surface area contributed by atoms with Crippen LogP contribution in [0.4, 0.5) is 0 Å². The highest BCUT2D eigenvalue weighted by Gasteiger charge is 2.34. The zero-order chi connectivity index (χ0) is 4.57. The van der Waals surface area contributed by atoms with Crippen molar-refractivity contribution in [1.82, 2.24) is 0 Å². The molecule has 0 aromatic rings. The second-order valence-corrected chi connectivity index (χ2v) is 1.33. The van der Waals surface area contributed by atoms with E-state index in [2.05, 4.69) is 11.8 Å². The zero-order valence-corrected chi connectivity index (χ0v) is 3.31. The molecule has 0 saturated heterocycles. The van der Waals surface area contributed by atoms with Gasteiger partial charge in [0.1, 0.15) is 6.10 Å². The molecule has 2 heteroatoms. The lowest BCUT2D eigenvalue weighted by Gasteiger charge is -1.77. The van der Waals surface area contributed by atoms with Crippen LogP contribution >= 0.6 is 0 Å². The molecule has 1 fully saturated rings. The maximum atomic E-state index is 9.95. The fraction of sp³-hybridized carbons (Fsp3) is 0.500. The smallest absolute Gasteiger partial charge is 0.165 e. The SMILES string of the molecule is [CH2]OC1CC1=O. The molecule has 0 aromatic heterocycles. The van der Waals surface area contributed by atoms with Crippen molar-refractivity contribution in [3.63, 3.8) is 0 Å². The van der Waals surface area contributed by atoms with Crippen LogP contribution in [0.25, 0.3) is 0 Å². The molecule has 6 heavy (non-hydrogen) atoms. The molecule has 0 heterocycles. The van der Waals surface area contributed by atoms with E-state index in [-0.39, 0.29) is 11.9 Å². The Labute approximate surface area is 36.1 Å². The van der Waals surface area contributed by atoms with Crippen molar-refractivity contribution >= 4 is 5.78 Å². The third kappa shape index (κ3) is 0.431. The van der Waals surface area contributed by atoms with Crippen LogP contribution in [0.3, 0.4) is 0 Å². The first-order valence-corrected chi connectivity index (χ1v) is 1.78. The standard InChI is InChI=1S/C4H5O2/c1-6-4-2-3(4)5/h4H,1-2H2. The van der Waals surface area contributed by atoms with Gasteiger partial charge in [0.15, 0.2) is 5.78 Å². The van der Waals surface area contributed by atoms with Gasteiger partial charge in [0.2, 0.25) is 0 Å². The monoisotopic (exact) mass is 85.0 g/mol. The van der Waals surface area contributed by atoms with Gasteiger partial charge in [-0.3, -0.25) is 4.79 Å². The fourth-order valence-electron chi connectivity index (χ4n) is 0.276. The van der Waals surface area contributed by atoms with Crippen molar-refractivity contribution in [2.45, 2.75) is 12.5 Å². The van der Waals surface area contributed by atoms with Gasteiger partial charge in [-0.2, -0.15) is 0 Å². The summed E-state index contributed by atoms with van der Waals surface area (Å²) in [5.41, 5.74) is 0. The Kier molecular flexibility index (Phi) is 0.665. The molecule has 0 aliphatic heterocycles. The number of carbonyl (C=O) groups excluding carboxylic acids is 1. The molecule has 0 N–H and O–H groups in total. The minimum Gasteiger partial charge on any atom is -0.368 e. The first kappa shape index (κ1) is 3.81. The molecule has 1 atom stereocenters. The van der Waals surface area contributed by atoms with Crippen LogP contribution in [0.1, 0.15) is 6.42 Å². The van der Waals surface area contributed by atoms with E-state index in [1.165, 1.54) is 0 Å². The van der Waals surface area contributed by atoms with Gasteiger partial charge < -0.3 is 4.74 Å². The molecule has 0 aromatic carbocycles. The summed E-state index contributed by atoms with van der Waals surface area (Å²) in [5.74, 6) is 0.171. The average Bonchev–Trinajstić information content (AvgIpc) is 2.19. The van der Waals surface area contributed by atoms with Gasteiger partial charge in [-0.05, 0) is 0 Å². The molecule has 33 valence electrons.